The summed E-state index contributed by atoms with van der Waals surface area (Å²) >= 11 is 0. The fraction of sp³-hybridized carbons (Fsp3) is 0.133. The number of benzene rings is 1. The number of hydrogen-bond donors (Lipinski definition) is 2. The zero-order valence-electron chi connectivity index (χ0n) is 11.5. The number of hydrogen-bond acceptors (Lipinski definition) is 5. The zero-order valence-corrected chi connectivity index (χ0v) is 11.5. The Morgan fingerprint density at radius 2 is 1.85 bits per heavy atom. The van der Waals surface area contributed by atoms with Crippen LogP contribution < -0.4 is 20.5 Å². The number of anilines is 2. The van der Waals surface area contributed by atoms with E-state index >= 15 is 0 Å². The molecule has 0 atom stereocenters. The van der Waals surface area contributed by atoms with Gasteiger partial charge in [0.15, 0.2) is 0 Å². The second-order valence-electron chi connectivity index (χ2n) is 4.14. The van der Waals surface area contributed by atoms with Crippen molar-refractivity contribution in [3.8, 4) is 11.5 Å². The molecule has 0 saturated carbocycles. The average molecular weight is 271 g/mol. The predicted octanol–water partition coefficient (Wildman–Crippen LogP) is 2.76. The lowest BCUT2D eigenvalue weighted by molar-refractivity contribution is 0.395. The summed E-state index contributed by atoms with van der Waals surface area (Å²) in [4.78, 5) is 4.04. The summed E-state index contributed by atoms with van der Waals surface area (Å²) in [6.45, 7) is 3.98. The lowest BCUT2D eigenvalue weighted by Gasteiger charge is -2.13. The normalized spacial score (nSPS) is 9.90. The van der Waals surface area contributed by atoms with Gasteiger partial charge in [0.2, 0.25) is 0 Å². The van der Waals surface area contributed by atoms with Gasteiger partial charge in [-0.15, -0.1) is 0 Å². The molecule has 1 aromatic heterocycles. The first-order chi connectivity index (χ1) is 9.63. The smallest absolute Gasteiger partial charge is 0.132 e. The van der Waals surface area contributed by atoms with Crippen LogP contribution in [0.4, 0.5) is 11.5 Å². The van der Waals surface area contributed by atoms with Crippen molar-refractivity contribution in [2.75, 3.05) is 25.3 Å². The highest BCUT2D eigenvalue weighted by Gasteiger charge is 2.07. The van der Waals surface area contributed by atoms with Gasteiger partial charge in [0.25, 0.3) is 0 Å². The topological polar surface area (TPSA) is 69.4 Å². The fourth-order valence-electron chi connectivity index (χ4n) is 1.79. The molecule has 0 bridgehead atoms. The zero-order chi connectivity index (χ0) is 14.5. The van der Waals surface area contributed by atoms with Gasteiger partial charge in [0.1, 0.15) is 17.3 Å². The molecule has 104 valence electrons. The number of nitrogen functional groups attached to an aromatic ring is 1. The number of aromatic nitrogens is 1. The van der Waals surface area contributed by atoms with Crippen LogP contribution in [0, 0.1) is 0 Å². The lowest BCUT2D eigenvalue weighted by atomic mass is 10.2. The largest absolute Gasteiger partial charge is 0.497 e. The van der Waals surface area contributed by atoms with E-state index in [2.05, 4.69) is 16.9 Å². The number of pyridine rings is 1. The van der Waals surface area contributed by atoms with Crippen molar-refractivity contribution in [1.82, 2.24) is 4.98 Å². The van der Waals surface area contributed by atoms with Gasteiger partial charge in [0.05, 0.1) is 14.2 Å². The maximum absolute atomic E-state index is 5.83. The van der Waals surface area contributed by atoms with E-state index in [1.807, 2.05) is 24.3 Å². The standard InChI is InChI=1S/C15H17N3O2/c1-10(14-5-4-6-17-15(14)16)18-11-7-12(19-2)9-13(8-11)20-3/h4-9,18H,1H2,2-3H3,(H2,16,17). The molecule has 3 N–H and O–H groups in total. The van der Waals surface area contributed by atoms with Crippen LogP contribution in [0.25, 0.3) is 5.70 Å². The van der Waals surface area contributed by atoms with Crippen molar-refractivity contribution in [2.24, 2.45) is 0 Å². The molecule has 0 aliphatic heterocycles. The van der Waals surface area contributed by atoms with Crippen LogP contribution >= 0.6 is 0 Å². The Hall–Kier alpha value is -2.69. The van der Waals surface area contributed by atoms with E-state index in [-0.39, 0.29) is 0 Å². The Labute approximate surface area is 118 Å². The first-order valence-electron chi connectivity index (χ1n) is 6.04. The highest BCUT2D eigenvalue weighted by molar-refractivity contribution is 5.80. The minimum Gasteiger partial charge on any atom is -0.497 e. The van der Waals surface area contributed by atoms with Crippen molar-refractivity contribution < 1.29 is 9.47 Å². The van der Waals surface area contributed by atoms with Crippen LogP contribution in [0.3, 0.4) is 0 Å². The summed E-state index contributed by atoms with van der Waals surface area (Å²) in [5.41, 5.74) is 8.04. The van der Waals surface area contributed by atoms with Crippen LogP contribution in [0.5, 0.6) is 11.5 Å². The summed E-state index contributed by atoms with van der Waals surface area (Å²) in [6, 6.07) is 9.16. The van der Waals surface area contributed by atoms with E-state index in [1.54, 1.807) is 26.5 Å². The van der Waals surface area contributed by atoms with Crippen LogP contribution in [0.2, 0.25) is 0 Å². The molecule has 5 nitrogen and oxygen atoms in total. The molecule has 0 fully saturated rings. The number of ether oxygens (including phenoxy) is 2. The Bertz CT molecular complexity index is 604. The molecule has 0 spiro atoms. The molecule has 1 heterocycles. The Morgan fingerprint density at radius 3 is 2.40 bits per heavy atom. The molecular formula is C15H17N3O2. The van der Waals surface area contributed by atoms with Gasteiger partial charge in [-0.3, -0.25) is 0 Å². The van der Waals surface area contributed by atoms with E-state index < -0.39 is 0 Å². The first-order valence-corrected chi connectivity index (χ1v) is 6.04. The Morgan fingerprint density at radius 1 is 1.20 bits per heavy atom. The van der Waals surface area contributed by atoms with Crippen LogP contribution in [-0.4, -0.2) is 19.2 Å². The third-order valence-corrected chi connectivity index (χ3v) is 2.81. The number of nitrogens with two attached hydrogens (primary N) is 1. The highest BCUT2D eigenvalue weighted by atomic mass is 16.5. The molecule has 0 aliphatic carbocycles. The number of methoxy groups -OCH3 is 2. The van der Waals surface area contributed by atoms with Gasteiger partial charge in [-0.05, 0) is 12.1 Å². The minimum atomic E-state index is 0.430. The predicted molar refractivity (Wildman–Crippen MR) is 80.9 cm³/mol. The monoisotopic (exact) mass is 271 g/mol. The summed E-state index contributed by atoms with van der Waals surface area (Å²) in [5.74, 6) is 1.82. The van der Waals surface area contributed by atoms with E-state index in [1.165, 1.54) is 0 Å². The van der Waals surface area contributed by atoms with Crippen molar-refractivity contribution >= 4 is 17.2 Å². The van der Waals surface area contributed by atoms with Gasteiger partial charge in [0, 0.05) is 41.3 Å². The molecule has 0 radical (unpaired) electrons. The molecule has 0 unspecified atom stereocenters. The van der Waals surface area contributed by atoms with Crippen molar-refractivity contribution in [3.05, 3.63) is 48.7 Å². The Balaban J connectivity index is 2.26. The van der Waals surface area contributed by atoms with Crippen molar-refractivity contribution in [2.45, 2.75) is 0 Å². The van der Waals surface area contributed by atoms with Gasteiger partial charge in [-0.2, -0.15) is 0 Å². The number of rotatable bonds is 5. The van der Waals surface area contributed by atoms with Crippen LogP contribution in [0.1, 0.15) is 5.56 Å². The maximum atomic E-state index is 5.83. The lowest BCUT2D eigenvalue weighted by Crippen LogP contribution is -2.03. The molecule has 2 rings (SSSR count). The molecule has 0 saturated heterocycles. The van der Waals surface area contributed by atoms with E-state index in [0.29, 0.717) is 23.0 Å². The van der Waals surface area contributed by atoms with Gasteiger partial charge in [-0.1, -0.05) is 6.58 Å². The quantitative estimate of drug-likeness (QED) is 0.875. The molecule has 1 aromatic carbocycles. The Kier molecular flexibility index (Phi) is 4.10. The molecule has 0 aliphatic rings. The van der Waals surface area contributed by atoms with E-state index in [4.69, 9.17) is 15.2 Å². The molecule has 20 heavy (non-hydrogen) atoms. The molecule has 5 heteroatoms. The van der Waals surface area contributed by atoms with Crippen molar-refractivity contribution in [1.29, 1.82) is 0 Å². The second kappa shape index (κ2) is 5.97. The summed E-state index contributed by atoms with van der Waals surface area (Å²) < 4.78 is 10.4. The number of nitrogens with one attached hydrogen (secondary N) is 1. The maximum Gasteiger partial charge on any atom is 0.132 e. The van der Waals surface area contributed by atoms with E-state index in [9.17, 15) is 0 Å². The average Bonchev–Trinajstić information content (AvgIpc) is 2.47. The molecule has 0 amide bonds. The van der Waals surface area contributed by atoms with Gasteiger partial charge < -0.3 is 20.5 Å². The number of nitrogens with zero attached hydrogens (tertiary/aromatic N) is 1. The highest BCUT2D eigenvalue weighted by Crippen LogP contribution is 2.28. The molecule has 2 aromatic rings. The summed E-state index contributed by atoms with van der Waals surface area (Å²) in [6.07, 6.45) is 1.64. The third kappa shape index (κ3) is 3.00. The van der Waals surface area contributed by atoms with Gasteiger partial charge in [-0.25, -0.2) is 4.98 Å². The summed E-state index contributed by atoms with van der Waals surface area (Å²) in [5, 5.41) is 3.17. The fourth-order valence-corrected chi connectivity index (χ4v) is 1.79. The molecular weight excluding hydrogens is 254 g/mol. The SMILES string of the molecule is C=C(Nc1cc(OC)cc(OC)c1)c1cccnc1N. The summed E-state index contributed by atoms with van der Waals surface area (Å²) in [7, 11) is 3.21. The van der Waals surface area contributed by atoms with Crippen molar-refractivity contribution in [3.63, 3.8) is 0 Å². The van der Waals surface area contributed by atoms with E-state index in [0.717, 1.165) is 11.3 Å². The van der Waals surface area contributed by atoms with Gasteiger partial charge >= 0.3 is 0 Å². The second-order valence-corrected chi connectivity index (χ2v) is 4.14. The minimum absolute atomic E-state index is 0.430. The first kappa shape index (κ1) is 13.7. The third-order valence-electron chi connectivity index (χ3n) is 2.81. The van der Waals surface area contributed by atoms with Crippen LogP contribution in [-0.2, 0) is 0 Å². The van der Waals surface area contributed by atoms with Crippen LogP contribution in [0.15, 0.2) is 43.1 Å².